The van der Waals surface area contributed by atoms with E-state index in [1.807, 2.05) is 0 Å². The van der Waals surface area contributed by atoms with Crippen molar-refractivity contribution in [1.82, 2.24) is 0 Å². The fourth-order valence-corrected chi connectivity index (χ4v) is 1.12. The third kappa shape index (κ3) is 2.17. The molecule has 0 radical (unpaired) electrons. The highest BCUT2D eigenvalue weighted by molar-refractivity contribution is 5.98. The summed E-state index contributed by atoms with van der Waals surface area (Å²) in [6.45, 7) is -3.11. The van der Waals surface area contributed by atoms with Gasteiger partial charge in [0.25, 0.3) is 0 Å². The molecule has 1 rings (SSSR count). The summed E-state index contributed by atoms with van der Waals surface area (Å²) in [6, 6.07) is 3.67. The van der Waals surface area contributed by atoms with Crippen LogP contribution in [-0.4, -0.2) is 17.7 Å². The van der Waals surface area contributed by atoms with E-state index in [1.165, 1.54) is 0 Å². The molecule has 0 bridgehead atoms. The minimum absolute atomic E-state index is 0.216. The Kier molecular flexibility index (Phi) is 3.25. The topological polar surface area (TPSA) is 96.3 Å². The number of aromatic carboxylic acids is 1. The molecule has 0 unspecified atom stereocenters. The molecule has 0 saturated heterocycles. The summed E-state index contributed by atoms with van der Waals surface area (Å²) in [6.07, 6.45) is 0. The van der Waals surface area contributed by atoms with E-state index in [0.717, 1.165) is 12.1 Å². The quantitative estimate of drug-likeness (QED) is 0.763. The van der Waals surface area contributed by atoms with Crippen LogP contribution in [0.15, 0.2) is 12.1 Å². The van der Waals surface area contributed by atoms with Crippen LogP contribution in [0.3, 0.4) is 0 Å². The molecule has 3 N–H and O–H groups in total. The van der Waals surface area contributed by atoms with Crippen molar-refractivity contribution in [1.29, 1.82) is 5.26 Å². The molecule has 0 fully saturated rings. The number of hydrogen-bond acceptors (Lipinski definition) is 4. The normalized spacial score (nSPS) is 9.88. The third-order valence-corrected chi connectivity index (χ3v) is 1.76. The molecular weight excluding hydrogens is 222 g/mol. The Labute approximate surface area is 88.7 Å². The lowest BCUT2D eigenvalue weighted by atomic mass is 10.1. The fourth-order valence-electron chi connectivity index (χ4n) is 1.12. The first kappa shape index (κ1) is 11.7. The number of nitrogens with two attached hydrogens (primary N) is 1. The smallest absolute Gasteiger partial charge is 0.387 e. The Morgan fingerprint density at radius 2 is 2.19 bits per heavy atom. The van der Waals surface area contributed by atoms with Gasteiger partial charge in [-0.1, -0.05) is 0 Å². The highest BCUT2D eigenvalue weighted by Gasteiger charge is 2.19. The molecule has 7 heteroatoms. The molecule has 0 amide bonds. The van der Waals surface area contributed by atoms with Crippen molar-refractivity contribution in [3.8, 4) is 11.8 Å². The fraction of sp³-hybridized carbons (Fsp3) is 0.111. The Morgan fingerprint density at radius 1 is 1.56 bits per heavy atom. The first-order valence-electron chi connectivity index (χ1n) is 3.98. The maximum Gasteiger partial charge on any atom is 0.387 e. The molecule has 1 aromatic rings. The van der Waals surface area contributed by atoms with E-state index in [1.54, 1.807) is 6.07 Å². The third-order valence-electron chi connectivity index (χ3n) is 1.76. The van der Waals surface area contributed by atoms with Crippen LogP contribution >= 0.6 is 0 Å². The van der Waals surface area contributed by atoms with Gasteiger partial charge in [0.2, 0.25) is 0 Å². The summed E-state index contributed by atoms with van der Waals surface area (Å²) in [4.78, 5) is 10.8. The van der Waals surface area contributed by atoms with Gasteiger partial charge in [-0.2, -0.15) is 14.0 Å². The minimum atomic E-state index is -3.11. The summed E-state index contributed by atoms with van der Waals surface area (Å²) >= 11 is 0. The second kappa shape index (κ2) is 4.44. The molecule has 0 spiro atoms. The lowest BCUT2D eigenvalue weighted by Gasteiger charge is -2.10. The number of carboxylic acid groups (broad SMARTS) is 1. The van der Waals surface area contributed by atoms with Gasteiger partial charge in [0.1, 0.15) is 17.4 Å². The highest BCUT2D eigenvalue weighted by atomic mass is 19.3. The van der Waals surface area contributed by atoms with Crippen LogP contribution in [0, 0.1) is 11.3 Å². The zero-order valence-corrected chi connectivity index (χ0v) is 7.78. The second-order valence-electron chi connectivity index (χ2n) is 2.70. The van der Waals surface area contributed by atoms with Crippen molar-refractivity contribution >= 4 is 11.7 Å². The molecule has 0 atom stereocenters. The van der Waals surface area contributed by atoms with E-state index >= 15 is 0 Å². The van der Waals surface area contributed by atoms with Gasteiger partial charge in [0.15, 0.2) is 0 Å². The van der Waals surface area contributed by atoms with Gasteiger partial charge in [-0.05, 0) is 12.1 Å². The van der Waals surface area contributed by atoms with Gasteiger partial charge in [-0.25, -0.2) is 4.79 Å². The van der Waals surface area contributed by atoms with Crippen molar-refractivity contribution in [2.45, 2.75) is 6.61 Å². The molecule has 84 valence electrons. The molecular formula is C9H6F2N2O3. The predicted molar refractivity (Wildman–Crippen MR) is 49.2 cm³/mol. The monoisotopic (exact) mass is 228 g/mol. The van der Waals surface area contributed by atoms with Crippen LogP contribution in [0.5, 0.6) is 5.75 Å². The molecule has 0 aromatic heterocycles. The van der Waals surface area contributed by atoms with Crippen molar-refractivity contribution in [3.05, 3.63) is 23.3 Å². The molecule has 0 aliphatic carbocycles. The molecule has 0 heterocycles. The minimum Gasteiger partial charge on any atom is -0.478 e. The van der Waals surface area contributed by atoms with E-state index in [-0.39, 0.29) is 5.56 Å². The molecule has 0 aliphatic heterocycles. The number of nitrogens with zero attached hydrogens (tertiary/aromatic N) is 1. The number of nitriles is 1. The average Bonchev–Trinajstić information content (AvgIpc) is 2.19. The van der Waals surface area contributed by atoms with Gasteiger partial charge in [-0.3, -0.25) is 0 Å². The number of nitrogen functional groups attached to an aromatic ring is 1. The van der Waals surface area contributed by atoms with Gasteiger partial charge in [-0.15, -0.1) is 0 Å². The van der Waals surface area contributed by atoms with E-state index in [2.05, 4.69) is 4.74 Å². The standard InChI is InChI=1S/C9H6F2N2O3/c10-9(11)16-5-2-1-4(3-12)6(7(5)13)8(14)15/h1-2,9H,13H2,(H,14,15). The van der Waals surface area contributed by atoms with Gasteiger partial charge >= 0.3 is 12.6 Å². The molecule has 16 heavy (non-hydrogen) atoms. The Hall–Kier alpha value is -2.36. The van der Waals surface area contributed by atoms with Gasteiger partial charge in [0, 0.05) is 0 Å². The van der Waals surface area contributed by atoms with Crippen molar-refractivity contribution in [2.24, 2.45) is 0 Å². The van der Waals surface area contributed by atoms with E-state index in [9.17, 15) is 13.6 Å². The summed E-state index contributed by atoms with van der Waals surface area (Å²) in [5.74, 6) is -1.94. The maximum atomic E-state index is 11.9. The zero-order valence-electron chi connectivity index (χ0n) is 7.78. The summed E-state index contributed by atoms with van der Waals surface area (Å²) < 4.78 is 27.9. The molecule has 0 saturated carbocycles. The largest absolute Gasteiger partial charge is 0.478 e. The first-order valence-corrected chi connectivity index (χ1v) is 3.98. The number of halogens is 2. The number of benzene rings is 1. The number of hydrogen-bond donors (Lipinski definition) is 2. The number of alkyl halides is 2. The van der Waals surface area contributed by atoms with Crippen LogP contribution in [0.2, 0.25) is 0 Å². The lowest BCUT2D eigenvalue weighted by molar-refractivity contribution is -0.0494. The van der Waals surface area contributed by atoms with Crippen molar-refractivity contribution < 1.29 is 23.4 Å². The van der Waals surface area contributed by atoms with Crippen LogP contribution in [0.25, 0.3) is 0 Å². The van der Waals surface area contributed by atoms with Crippen molar-refractivity contribution in [3.63, 3.8) is 0 Å². The predicted octanol–water partition coefficient (Wildman–Crippen LogP) is 1.44. The van der Waals surface area contributed by atoms with E-state index in [0.29, 0.717) is 0 Å². The Balaban J connectivity index is 3.33. The average molecular weight is 228 g/mol. The zero-order chi connectivity index (χ0) is 12.3. The van der Waals surface area contributed by atoms with Crippen LogP contribution in [-0.2, 0) is 0 Å². The van der Waals surface area contributed by atoms with Crippen LogP contribution < -0.4 is 10.5 Å². The van der Waals surface area contributed by atoms with E-state index < -0.39 is 29.6 Å². The number of anilines is 1. The van der Waals surface area contributed by atoms with Crippen LogP contribution in [0.4, 0.5) is 14.5 Å². The number of rotatable bonds is 3. The summed E-state index contributed by atoms with van der Waals surface area (Å²) in [5.41, 5.74) is 4.07. The van der Waals surface area contributed by atoms with Crippen molar-refractivity contribution in [2.75, 3.05) is 5.73 Å². The Morgan fingerprint density at radius 3 is 2.62 bits per heavy atom. The van der Waals surface area contributed by atoms with Crippen LogP contribution in [0.1, 0.15) is 15.9 Å². The number of ether oxygens (including phenoxy) is 1. The van der Waals surface area contributed by atoms with E-state index in [4.69, 9.17) is 16.1 Å². The van der Waals surface area contributed by atoms with Gasteiger partial charge < -0.3 is 15.6 Å². The number of carbonyl (C=O) groups is 1. The molecule has 5 nitrogen and oxygen atoms in total. The molecule has 0 aliphatic rings. The highest BCUT2D eigenvalue weighted by Crippen LogP contribution is 2.29. The lowest BCUT2D eigenvalue weighted by Crippen LogP contribution is -2.10. The second-order valence-corrected chi connectivity index (χ2v) is 2.70. The SMILES string of the molecule is N#Cc1ccc(OC(F)F)c(N)c1C(=O)O. The van der Waals surface area contributed by atoms with Gasteiger partial charge in [0.05, 0.1) is 11.3 Å². The summed E-state index contributed by atoms with van der Waals surface area (Å²) in [5, 5.41) is 17.4. The molecule has 1 aromatic carbocycles. The summed E-state index contributed by atoms with van der Waals surface area (Å²) in [7, 11) is 0. The maximum absolute atomic E-state index is 11.9. The Bertz CT molecular complexity index is 469. The number of carboxylic acids is 1. The first-order chi connectivity index (χ1) is 7.47.